The van der Waals surface area contributed by atoms with Crippen molar-refractivity contribution in [2.75, 3.05) is 13.1 Å². The Morgan fingerprint density at radius 2 is 2.00 bits per heavy atom. The summed E-state index contributed by atoms with van der Waals surface area (Å²) in [7, 11) is 0. The normalized spacial score (nSPS) is 24.0. The van der Waals surface area contributed by atoms with E-state index in [9.17, 15) is 0 Å². The minimum atomic E-state index is 1.12. The van der Waals surface area contributed by atoms with Crippen LogP contribution in [0.3, 0.4) is 0 Å². The van der Waals surface area contributed by atoms with Gasteiger partial charge in [-0.05, 0) is 25.0 Å². The van der Waals surface area contributed by atoms with Crippen molar-refractivity contribution >= 4 is 0 Å². The van der Waals surface area contributed by atoms with E-state index in [0.717, 1.165) is 5.70 Å². The molecule has 2 heterocycles. The van der Waals surface area contributed by atoms with E-state index in [1.807, 2.05) is 6.20 Å². The third kappa shape index (κ3) is 1.10. The predicted molar refractivity (Wildman–Crippen MR) is 56.3 cm³/mol. The smallest absolute Gasteiger partial charge is 0.0722 e. The van der Waals surface area contributed by atoms with E-state index in [1.165, 1.54) is 37.2 Å². The van der Waals surface area contributed by atoms with Crippen molar-refractivity contribution in [2.24, 2.45) is 0 Å². The van der Waals surface area contributed by atoms with Crippen molar-refractivity contribution in [3.63, 3.8) is 0 Å². The van der Waals surface area contributed by atoms with Gasteiger partial charge in [0.25, 0.3) is 0 Å². The van der Waals surface area contributed by atoms with Gasteiger partial charge in [-0.3, -0.25) is 5.32 Å². The summed E-state index contributed by atoms with van der Waals surface area (Å²) in [4.78, 5) is 2.46. The number of rotatable bonds is 1. The van der Waals surface area contributed by atoms with Crippen molar-refractivity contribution in [1.29, 1.82) is 0 Å². The number of fused-ring (bicyclic) bond motifs is 1. The quantitative estimate of drug-likeness (QED) is 0.610. The standard InChI is InChI=1S/C12H13N2/c1-2-9-14(8-1)12-6-7-13-11-5-3-4-10(11)12/h3-7H,1-2,8-9H2. The first-order valence-electron chi connectivity index (χ1n) is 5.20. The molecule has 71 valence electrons. The van der Waals surface area contributed by atoms with Gasteiger partial charge >= 0.3 is 0 Å². The molecule has 2 heteroatoms. The van der Waals surface area contributed by atoms with E-state index in [-0.39, 0.29) is 0 Å². The van der Waals surface area contributed by atoms with Gasteiger partial charge in [-0.25, -0.2) is 0 Å². The molecule has 0 amide bonds. The molecule has 14 heavy (non-hydrogen) atoms. The molecule has 0 atom stereocenters. The molecule has 3 rings (SSSR count). The molecule has 0 unspecified atom stereocenters. The second kappa shape index (κ2) is 3.05. The summed E-state index contributed by atoms with van der Waals surface area (Å²) in [5, 5.41) is 4.35. The Balaban J connectivity index is 1.99. The molecule has 1 fully saturated rings. The zero-order valence-electron chi connectivity index (χ0n) is 8.11. The largest absolute Gasteiger partial charge is 0.371 e. The van der Waals surface area contributed by atoms with Crippen LogP contribution in [0.4, 0.5) is 0 Å². The topological polar surface area (TPSA) is 17.3 Å². The number of allylic oxidation sites excluding steroid dienone is 4. The summed E-state index contributed by atoms with van der Waals surface area (Å²) >= 11 is 0. The maximum atomic E-state index is 4.35. The molecule has 0 spiro atoms. The van der Waals surface area contributed by atoms with Crippen LogP contribution in [0.2, 0.25) is 0 Å². The van der Waals surface area contributed by atoms with E-state index in [0.29, 0.717) is 0 Å². The van der Waals surface area contributed by atoms with E-state index < -0.39 is 0 Å². The second-order valence-electron chi connectivity index (χ2n) is 3.85. The van der Waals surface area contributed by atoms with Crippen LogP contribution in [0, 0.1) is 0 Å². The van der Waals surface area contributed by atoms with Gasteiger partial charge in [-0.15, -0.1) is 0 Å². The van der Waals surface area contributed by atoms with Gasteiger partial charge < -0.3 is 4.90 Å². The first-order valence-corrected chi connectivity index (χ1v) is 5.20. The molecule has 2 aliphatic heterocycles. The van der Waals surface area contributed by atoms with Gasteiger partial charge in [0.15, 0.2) is 0 Å². The third-order valence-electron chi connectivity index (χ3n) is 2.96. The zero-order valence-corrected chi connectivity index (χ0v) is 8.11. The zero-order chi connectivity index (χ0) is 9.38. The van der Waals surface area contributed by atoms with Crippen molar-refractivity contribution in [3.05, 3.63) is 47.5 Å². The van der Waals surface area contributed by atoms with Crippen LogP contribution >= 0.6 is 0 Å². The van der Waals surface area contributed by atoms with Crippen LogP contribution in [0.1, 0.15) is 12.8 Å². The Morgan fingerprint density at radius 3 is 2.86 bits per heavy atom. The maximum absolute atomic E-state index is 4.35. The predicted octanol–water partition coefficient (Wildman–Crippen LogP) is 1.92. The van der Waals surface area contributed by atoms with Gasteiger partial charge in [0, 0.05) is 30.6 Å². The number of likely N-dealkylation sites (tertiary alicyclic amines) is 1. The van der Waals surface area contributed by atoms with Crippen LogP contribution in [-0.2, 0) is 0 Å². The lowest BCUT2D eigenvalue weighted by molar-refractivity contribution is 0.435. The summed E-state index contributed by atoms with van der Waals surface area (Å²) in [6, 6.07) is 0. The molecule has 3 aliphatic rings. The van der Waals surface area contributed by atoms with Gasteiger partial charge in [-0.2, -0.15) is 0 Å². The maximum Gasteiger partial charge on any atom is 0.0722 e. The fourth-order valence-electron chi connectivity index (χ4n) is 2.25. The average molecular weight is 185 g/mol. The number of hydrogen-bond donors (Lipinski definition) is 0. The molecule has 1 aliphatic carbocycles. The first kappa shape index (κ1) is 7.92. The molecule has 0 aromatic heterocycles. The van der Waals surface area contributed by atoms with Gasteiger partial charge in [0.05, 0.1) is 5.70 Å². The van der Waals surface area contributed by atoms with Crippen LogP contribution in [0.5, 0.6) is 0 Å². The first-order chi connectivity index (χ1) is 6.95. The van der Waals surface area contributed by atoms with Gasteiger partial charge in [0.1, 0.15) is 0 Å². The SMILES string of the molecule is C1=CC2=C(N3CCCC3)C=C[N]C2=C1. The molecule has 2 nitrogen and oxygen atoms in total. The van der Waals surface area contributed by atoms with E-state index in [4.69, 9.17) is 0 Å². The molecule has 1 radical (unpaired) electrons. The lowest BCUT2D eigenvalue weighted by atomic mass is 10.1. The van der Waals surface area contributed by atoms with Gasteiger partial charge in [-0.1, -0.05) is 12.2 Å². The van der Waals surface area contributed by atoms with Gasteiger partial charge in [0.2, 0.25) is 0 Å². The Kier molecular flexibility index (Phi) is 1.72. The second-order valence-corrected chi connectivity index (χ2v) is 3.85. The number of hydrogen-bond acceptors (Lipinski definition) is 1. The third-order valence-corrected chi connectivity index (χ3v) is 2.96. The Morgan fingerprint density at radius 1 is 1.14 bits per heavy atom. The Bertz CT molecular complexity index is 366. The highest BCUT2D eigenvalue weighted by molar-refractivity contribution is 5.54. The lowest BCUT2D eigenvalue weighted by Gasteiger charge is -2.23. The van der Waals surface area contributed by atoms with E-state index in [1.54, 1.807) is 0 Å². The minimum absolute atomic E-state index is 1.12. The summed E-state index contributed by atoms with van der Waals surface area (Å²) in [6.45, 7) is 2.40. The molecule has 0 saturated carbocycles. The summed E-state index contributed by atoms with van der Waals surface area (Å²) < 4.78 is 0. The highest BCUT2D eigenvalue weighted by atomic mass is 15.2. The highest BCUT2D eigenvalue weighted by Gasteiger charge is 2.21. The fourth-order valence-corrected chi connectivity index (χ4v) is 2.25. The summed E-state index contributed by atoms with van der Waals surface area (Å²) in [5.74, 6) is 0. The average Bonchev–Trinajstić information content (AvgIpc) is 2.88. The highest BCUT2D eigenvalue weighted by Crippen LogP contribution is 2.29. The molecule has 0 bridgehead atoms. The van der Waals surface area contributed by atoms with Crippen LogP contribution in [-0.4, -0.2) is 18.0 Å². The van der Waals surface area contributed by atoms with Crippen molar-refractivity contribution < 1.29 is 0 Å². The summed E-state index contributed by atoms with van der Waals surface area (Å²) in [5.41, 5.74) is 3.78. The molecule has 0 aromatic rings. The van der Waals surface area contributed by atoms with E-state index >= 15 is 0 Å². The molecule has 1 saturated heterocycles. The monoisotopic (exact) mass is 185 g/mol. The van der Waals surface area contributed by atoms with Crippen molar-refractivity contribution in [2.45, 2.75) is 12.8 Å². The Labute approximate surface area is 84.3 Å². The molecular weight excluding hydrogens is 172 g/mol. The fraction of sp³-hybridized carbons (Fsp3) is 0.333. The number of nitrogens with zero attached hydrogens (tertiary/aromatic N) is 2. The van der Waals surface area contributed by atoms with Crippen molar-refractivity contribution in [1.82, 2.24) is 10.2 Å². The van der Waals surface area contributed by atoms with Crippen LogP contribution < -0.4 is 5.32 Å². The van der Waals surface area contributed by atoms with Crippen molar-refractivity contribution in [3.8, 4) is 0 Å². The molecule has 0 aromatic carbocycles. The summed E-state index contributed by atoms with van der Waals surface area (Å²) in [6.07, 6.45) is 13.0. The Hall–Kier alpha value is -1.44. The molecular formula is C12H13N2. The van der Waals surface area contributed by atoms with Crippen LogP contribution in [0.25, 0.3) is 0 Å². The lowest BCUT2D eigenvalue weighted by Crippen LogP contribution is -2.21. The van der Waals surface area contributed by atoms with Crippen LogP contribution in [0.15, 0.2) is 47.5 Å². The minimum Gasteiger partial charge on any atom is -0.371 e. The molecule has 0 N–H and O–H groups in total. The van der Waals surface area contributed by atoms with E-state index in [2.05, 4.69) is 34.5 Å².